The maximum atomic E-state index is 4.00. The average Bonchev–Trinajstić information content (AvgIpc) is 3.25. The van der Waals surface area contributed by atoms with Crippen LogP contribution in [0.4, 0.5) is 0 Å². The minimum absolute atomic E-state index is 0.290. The van der Waals surface area contributed by atoms with Gasteiger partial charge in [-0.1, -0.05) is 96.1 Å². The molecule has 4 aromatic rings. The summed E-state index contributed by atoms with van der Waals surface area (Å²) < 4.78 is 0. The fraction of sp³-hybridized carbons (Fsp3) is 0.152. The topological polar surface area (TPSA) is 0 Å². The van der Waals surface area contributed by atoms with Crippen LogP contribution in [0.5, 0.6) is 0 Å². The highest BCUT2D eigenvalue weighted by Crippen LogP contribution is 2.63. The van der Waals surface area contributed by atoms with E-state index < -0.39 is 0 Å². The number of hydrogen-bond donors (Lipinski definition) is 0. The van der Waals surface area contributed by atoms with E-state index in [0.29, 0.717) is 0 Å². The lowest BCUT2D eigenvalue weighted by Crippen LogP contribution is -2.26. The van der Waals surface area contributed by atoms with Gasteiger partial charge < -0.3 is 0 Å². The van der Waals surface area contributed by atoms with E-state index in [4.69, 9.17) is 0 Å². The fourth-order valence-corrected chi connectivity index (χ4v) is 6.14. The summed E-state index contributed by atoms with van der Waals surface area (Å²) in [6, 6.07) is 28.1. The lowest BCUT2D eigenvalue weighted by Gasteiger charge is -2.31. The summed E-state index contributed by atoms with van der Waals surface area (Å²) >= 11 is 0. The molecule has 160 valence electrons. The highest BCUT2D eigenvalue weighted by Gasteiger charge is 2.51. The normalized spacial score (nSPS) is 13.9. The summed E-state index contributed by atoms with van der Waals surface area (Å²) in [6.45, 7) is 12.4. The molecule has 4 aromatic carbocycles. The Bertz CT molecular complexity index is 1350. The lowest BCUT2D eigenvalue weighted by atomic mass is 9.69. The molecule has 2 aliphatic rings. The largest absolute Gasteiger partial charge is 0.103 e. The molecule has 0 aromatic heterocycles. The maximum Gasteiger partial charge on any atom is 0.0725 e. The van der Waals surface area contributed by atoms with Crippen molar-refractivity contribution in [2.24, 2.45) is 0 Å². The fourth-order valence-electron chi connectivity index (χ4n) is 6.14. The van der Waals surface area contributed by atoms with Crippen LogP contribution < -0.4 is 0 Å². The van der Waals surface area contributed by atoms with Crippen molar-refractivity contribution in [2.45, 2.75) is 32.1 Å². The van der Waals surface area contributed by atoms with Crippen LogP contribution in [0.1, 0.15) is 44.5 Å². The number of hydrogen-bond acceptors (Lipinski definition) is 0. The highest BCUT2D eigenvalue weighted by molar-refractivity contribution is 5.95. The van der Waals surface area contributed by atoms with Crippen molar-refractivity contribution in [2.75, 3.05) is 0 Å². The molecule has 2 aliphatic carbocycles. The molecule has 0 heterocycles. The van der Waals surface area contributed by atoms with Crippen LogP contribution in [0.3, 0.4) is 0 Å². The van der Waals surface area contributed by atoms with Crippen molar-refractivity contribution in [3.63, 3.8) is 0 Å². The first-order valence-corrected chi connectivity index (χ1v) is 11.8. The summed E-state index contributed by atoms with van der Waals surface area (Å²) in [5, 5.41) is 0. The molecule has 0 N–H and O–H groups in total. The average molecular weight is 425 g/mol. The Morgan fingerprint density at radius 1 is 0.545 bits per heavy atom. The molecule has 0 bridgehead atoms. The second kappa shape index (κ2) is 7.18. The first-order chi connectivity index (χ1) is 16.1. The highest BCUT2D eigenvalue weighted by atomic mass is 14.5. The molecule has 0 nitrogen and oxygen atoms in total. The SMILES string of the molecule is C=CCc1ccc2c(c1)C1(c3cc(C)ccc3-c3ccc(C)cc31)c1cc(CC=C)ccc1-2. The Kier molecular flexibility index (Phi) is 4.35. The van der Waals surface area contributed by atoms with Crippen LogP contribution in [-0.4, -0.2) is 0 Å². The van der Waals surface area contributed by atoms with Crippen LogP contribution >= 0.6 is 0 Å². The summed E-state index contributed by atoms with van der Waals surface area (Å²) in [5.74, 6) is 0. The van der Waals surface area contributed by atoms with E-state index in [1.54, 1.807) is 0 Å². The second-order valence-corrected chi connectivity index (χ2v) is 9.59. The Hall–Kier alpha value is -3.64. The molecular weight excluding hydrogens is 396 g/mol. The molecular formula is C33H28. The molecule has 0 atom stereocenters. The third kappa shape index (κ3) is 2.64. The standard InChI is InChI=1S/C33H28/c1-5-7-23-11-15-27-28-16-12-24(8-6-2)20-32(28)33(31(27)19-23)29-17-21(3)9-13-25(29)26-14-10-22(4)18-30(26)33/h5-6,9-20H,1-2,7-8H2,3-4H3. The minimum Gasteiger partial charge on any atom is -0.103 e. The maximum absolute atomic E-state index is 4.00. The zero-order valence-electron chi connectivity index (χ0n) is 19.4. The van der Waals surface area contributed by atoms with Crippen LogP contribution in [0.25, 0.3) is 22.3 Å². The third-order valence-corrected chi connectivity index (χ3v) is 7.47. The van der Waals surface area contributed by atoms with Crippen molar-refractivity contribution in [3.05, 3.63) is 143 Å². The molecule has 0 radical (unpaired) electrons. The molecule has 0 saturated heterocycles. The molecule has 1 spiro atoms. The van der Waals surface area contributed by atoms with Gasteiger partial charge in [-0.2, -0.15) is 0 Å². The molecule has 0 unspecified atom stereocenters. The molecule has 6 rings (SSSR count). The predicted octanol–water partition coefficient (Wildman–Crippen LogP) is 8.10. The van der Waals surface area contributed by atoms with Gasteiger partial charge in [0.05, 0.1) is 5.41 Å². The van der Waals surface area contributed by atoms with Gasteiger partial charge in [0.25, 0.3) is 0 Å². The van der Waals surface area contributed by atoms with Gasteiger partial charge in [-0.25, -0.2) is 0 Å². The van der Waals surface area contributed by atoms with Crippen molar-refractivity contribution in [1.82, 2.24) is 0 Å². The van der Waals surface area contributed by atoms with Gasteiger partial charge in [0, 0.05) is 0 Å². The van der Waals surface area contributed by atoms with Crippen molar-refractivity contribution >= 4 is 0 Å². The molecule has 0 aliphatic heterocycles. The van der Waals surface area contributed by atoms with Gasteiger partial charge in [-0.15, -0.1) is 13.2 Å². The number of rotatable bonds is 4. The summed E-state index contributed by atoms with van der Waals surface area (Å²) in [5.41, 5.74) is 16.0. The smallest absolute Gasteiger partial charge is 0.0725 e. The van der Waals surface area contributed by atoms with Crippen LogP contribution in [0.15, 0.2) is 98.1 Å². The van der Waals surface area contributed by atoms with E-state index in [1.807, 2.05) is 12.2 Å². The van der Waals surface area contributed by atoms with Gasteiger partial charge in [0.1, 0.15) is 0 Å². The van der Waals surface area contributed by atoms with Gasteiger partial charge in [0.2, 0.25) is 0 Å². The minimum atomic E-state index is -0.290. The van der Waals surface area contributed by atoms with E-state index in [9.17, 15) is 0 Å². The zero-order valence-corrected chi connectivity index (χ0v) is 19.4. The number of allylic oxidation sites excluding steroid dienone is 2. The van der Waals surface area contributed by atoms with E-state index in [2.05, 4.69) is 99.8 Å². The first-order valence-electron chi connectivity index (χ1n) is 11.8. The van der Waals surface area contributed by atoms with Gasteiger partial charge in [-0.3, -0.25) is 0 Å². The monoisotopic (exact) mass is 424 g/mol. The summed E-state index contributed by atoms with van der Waals surface area (Å²) in [6.07, 6.45) is 5.76. The molecule has 0 amide bonds. The number of benzene rings is 4. The summed E-state index contributed by atoms with van der Waals surface area (Å²) in [4.78, 5) is 0. The van der Waals surface area contributed by atoms with Crippen LogP contribution in [0.2, 0.25) is 0 Å². The van der Waals surface area contributed by atoms with E-state index in [-0.39, 0.29) is 5.41 Å². The predicted molar refractivity (Wildman–Crippen MR) is 140 cm³/mol. The van der Waals surface area contributed by atoms with E-state index >= 15 is 0 Å². The number of aryl methyl sites for hydroxylation is 2. The van der Waals surface area contributed by atoms with Crippen molar-refractivity contribution < 1.29 is 0 Å². The molecule has 33 heavy (non-hydrogen) atoms. The van der Waals surface area contributed by atoms with Crippen LogP contribution in [-0.2, 0) is 18.3 Å². The Labute approximate surface area is 196 Å². The van der Waals surface area contributed by atoms with E-state index in [0.717, 1.165) is 12.8 Å². The molecule has 0 saturated carbocycles. The Balaban J connectivity index is 1.80. The van der Waals surface area contributed by atoms with Crippen molar-refractivity contribution in [1.29, 1.82) is 0 Å². The lowest BCUT2D eigenvalue weighted by molar-refractivity contribution is 0.788. The second-order valence-electron chi connectivity index (χ2n) is 9.59. The van der Waals surface area contributed by atoms with Gasteiger partial charge >= 0.3 is 0 Å². The van der Waals surface area contributed by atoms with Crippen molar-refractivity contribution in [3.8, 4) is 22.3 Å². The first kappa shape index (κ1) is 20.0. The molecule has 0 fully saturated rings. The quantitative estimate of drug-likeness (QED) is 0.251. The van der Waals surface area contributed by atoms with E-state index in [1.165, 1.54) is 66.8 Å². The van der Waals surface area contributed by atoms with Gasteiger partial charge in [0.15, 0.2) is 0 Å². The molecule has 0 heteroatoms. The Morgan fingerprint density at radius 2 is 0.909 bits per heavy atom. The third-order valence-electron chi connectivity index (χ3n) is 7.47. The number of fused-ring (bicyclic) bond motifs is 10. The Morgan fingerprint density at radius 3 is 1.30 bits per heavy atom. The van der Waals surface area contributed by atoms with Gasteiger partial charge in [-0.05, 0) is 82.3 Å². The van der Waals surface area contributed by atoms with Crippen LogP contribution in [0, 0.1) is 13.8 Å². The zero-order chi connectivity index (χ0) is 22.7. The summed E-state index contributed by atoms with van der Waals surface area (Å²) in [7, 11) is 0.